The summed E-state index contributed by atoms with van der Waals surface area (Å²) in [6.45, 7) is 2.17. The van der Waals surface area contributed by atoms with Crippen LogP contribution in [0.4, 0.5) is 0 Å². The van der Waals surface area contributed by atoms with Crippen LogP contribution in [0.2, 0.25) is 0 Å². The molecular formula is C11H19N3O2. The van der Waals surface area contributed by atoms with Gasteiger partial charge in [-0.15, -0.1) is 0 Å². The van der Waals surface area contributed by atoms with E-state index in [-0.39, 0.29) is 5.91 Å². The van der Waals surface area contributed by atoms with E-state index in [2.05, 4.69) is 16.3 Å². The van der Waals surface area contributed by atoms with Crippen molar-refractivity contribution < 1.29 is 9.53 Å². The Kier molecular flexibility index (Phi) is 5.83. The van der Waals surface area contributed by atoms with E-state index in [9.17, 15) is 4.79 Å². The van der Waals surface area contributed by atoms with E-state index in [4.69, 9.17) is 10.00 Å². The summed E-state index contributed by atoms with van der Waals surface area (Å²) in [5.41, 5.74) is 0. The highest BCUT2D eigenvalue weighted by molar-refractivity contribution is 5.78. The van der Waals surface area contributed by atoms with Crippen LogP contribution in [0.5, 0.6) is 0 Å². The summed E-state index contributed by atoms with van der Waals surface area (Å²) in [6, 6.07) is 2.63. The van der Waals surface area contributed by atoms with Crippen LogP contribution in [0.15, 0.2) is 0 Å². The van der Waals surface area contributed by atoms with Crippen molar-refractivity contribution in [3.05, 3.63) is 0 Å². The average molecular weight is 225 g/mol. The first-order valence-corrected chi connectivity index (χ1v) is 5.64. The van der Waals surface area contributed by atoms with Gasteiger partial charge in [-0.3, -0.25) is 9.69 Å². The lowest BCUT2D eigenvalue weighted by atomic mass is 10.3. The van der Waals surface area contributed by atoms with Gasteiger partial charge in [0.2, 0.25) is 5.91 Å². The smallest absolute Gasteiger partial charge is 0.234 e. The van der Waals surface area contributed by atoms with Gasteiger partial charge in [-0.2, -0.15) is 5.26 Å². The summed E-state index contributed by atoms with van der Waals surface area (Å²) in [7, 11) is 1.61. The SMILES string of the molecule is COCCNC(=O)CN(CCC#N)C1CC1. The van der Waals surface area contributed by atoms with Gasteiger partial charge in [0.25, 0.3) is 0 Å². The molecule has 1 fully saturated rings. The molecule has 0 aromatic carbocycles. The Morgan fingerprint density at radius 1 is 1.62 bits per heavy atom. The zero-order valence-corrected chi connectivity index (χ0v) is 9.74. The number of hydrogen-bond acceptors (Lipinski definition) is 4. The molecule has 0 aliphatic heterocycles. The minimum Gasteiger partial charge on any atom is -0.383 e. The van der Waals surface area contributed by atoms with Crippen molar-refractivity contribution in [2.45, 2.75) is 25.3 Å². The molecule has 1 N–H and O–H groups in total. The Labute approximate surface area is 96.4 Å². The van der Waals surface area contributed by atoms with Crippen molar-refractivity contribution in [3.63, 3.8) is 0 Å². The van der Waals surface area contributed by atoms with E-state index < -0.39 is 0 Å². The average Bonchev–Trinajstić information content (AvgIpc) is 3.08. The molecule has 0 bridgehead atoms. The summed E-state index contributed by atoms with van der Waals surface area (Å²) in [5, 5.41) is 11.3. The third-order valence-corrected chi connectivity index (χ3v) is 2.55. The molecule has 0 aromatic heterocycles. The van der Waals surface area contributed by atoms with Crippen LogP contribution >= 0.6 is 0 Å². The van der Waals surface area contributed by atoms with E-state index in [0.717, 1.165) is 12.8 Å². The molecule has 5 nitrogen and oxygen atoms in total. The predicted octanol–water partition coefficient (Wildman–Crippen LogP) is 0.127. The number of nitrogens with one attached hydrogen (secondary N) is 1. The Morgan fingerprint density at radius 3 is 2.94 bits per heavy atom. The number of carbonyl (C=O) groups is 1. The number of amides is 1. The van der Waals surface area contributed by atoms with Gasteiger partial charge in [-0.1, -0.05) is 0 Å². The van der Waals surface area contributed by atoms with Crippen molar-refractivity contribution in [2.24, 2.45) is 0 Å². The first kappa shape index (κ1) is 12.9. The van der Waals surface area contributed by atoms with Gasteiger partial charge in [-0.25, -0.2) is 0 Å². The Balaban J connectivity index is 2.20. The molecular weight excluding hydrogens is 206 g/mol. The number of ether oxygens (including phenoxy) is 1. The van der Waals surface area contributed by atoms with E-state index in [1.54, 1.807) is 7.11 Å². The first-order chi connectivity index (χ1) is 7.77. The van der Waals surface area contributed by atoms with E-state index in [1.807, 2.05) is 0 Å². The third kappa shape index (κ3) is 5.10. The fourth-order valence-electron chi connectivity index (χ4n) is 1.56. The van der Waals surface area contributed by atoms with Gasteiger partial charge < -0.3 is 10.1 Å². The quantitative estimate of drug-likeness (QED) is 0.596. The van der Waals surface area contributed by atoms with Gasteiger partial charge >= 0.3 is 0 Å². The summed E-state index contributed by atoms with van der Waals surface area (Å²) >= 11 is 0. The van der Waals surface area contributed by atoms with E-state index >= 15 is 0 Å². The molecule has 0 radical (unpaired) electrons. The molecule has 0 atom stereocenters. The molecule has 0 saturated heterocycles. The topological polar surface area (TPSA) is 65.4 Å². The maximum atomic E-state index is 11.5. The summed E-state index contributed by atoms with van der Waals surface area (Å²) in [4.78, 5) is 13.6. The summed E-state index contributed by atoms with van der Waals surface area (Å²) in [6.07, 6.45) is 2.79. The second-order valence-corrected chi connectivity index (χ2v) is 3.95. The van der Waals surface area contributed by atoms with Crippen molar-refractivity contribution in [3.8, 4) is 6.07 Å². The van der Waals surface area contributed by atoms with Gasteiger partial charge in [0.1, 0.15) is 0 Å². The molecule has 16 heavy (non-hydrogen) atoms. The van der Waals surface area contributed by atoms with Crippen LogP contribution in [0.3, 0.4) is 0 Å². The van der Waals surface area contributed by atoms with Gasteiger partial charge in [-0.05, 0) is 12.8 Å². The van der Waals surface area contributed by atoms with E-state index in [0.29, 0.717) is 38.7 Å². The minimum atomic E-state index is 0.0156. The second kappa shape index (κ2) is 7.20. The third-order valence-electron chi connectivity index (χ3n) is 2.55. The Morgan fingerprint density at radius 2 is 2.38 bits per heavy atom. The Hall–Kier alpha value is -1.12. The number of hydrogen-bond donors (Lipinski definition) is 1. The molecule has 0 aromatic rings. The van der Waals surface area contributed by atoms with Gasteiger partial charge in [0, 0.05) is 32.7 Å². The van der Waals surface area contributed by atoms with Crippen molar-refractivity contribution in [1.82, 2.24) is 10.2 Å². The van der Waals surface area contributed by atoms with Crippen LogP contribution in [0, 0.1) is 11.3 Å². The number of methoxy groups -OCH3 is 1. The molecule has 90 valence electrons. The fraction of sp³-hybridized carbons (Fsp3) is 0.818. The van der Waals surface area contributed by atoms with Gasteiger partial charge in [0.15, 0.2) is 0 Å². The molecule has 5 heteroatoms. The number of carbonyl (C=O) groups excluding carboxylic acids is 1. The van der Waals surface area contributed by atoms with Crippen molar-refractivity contribution >= 4 is 5.91 Å². The predicted molar refractivity (Wildman–Crippen MR) is 59.7 cm³/mol. The molecule has 1 aliphatic carbocycles. The molecule has 1 amide bonds. The van der Waals surface area contributed by atoms with Crippen LogP contribution in [0.25, 0.3) is 0 Å². The second-order valence-electron chi connectivity index (χ2n) is 3.95. The van der Waals surface area contributed by atoms with Crippen LogP contribution in [-0.2, 0) is 9.53 Å². The number of rotatable bonds is 8. The standard InChI is InChI=1S/C11H19N3O2/c1-16-8-6-13-11(15)9-14(7-2-5-12)10-3-4-10/h10H,2-4,6-9H2,1H3,(H,13,15). The normalized spacial score (nSPS) is 14.8. The molecule has 1 rings (SSSR count). The van der Waals surface area contributed by atoms with E-state index in [1.165, 1.54) is 0 Å². The molecule has 0 spiro atoms. The zero-order chi connectivity index (χ0) is 11.8. The molecule has 0 heterocycles. The minimum absolute atomic E-state index is 0.0156. The monoisotopic (exact) mass is 225 g/mol. The fourth-order valence-corrected chi connectivity index (χ4v) is 1.56. The van der Waals surface area contributed by atoms with Crippen LogP contribution in [-0.4, -0.2) is 50.2 Å². The summed E-state index contributed by atoms with van der Waals surface area (Å²) < 4.78 is 4.85. The highest BCUT2D eigenvalue weighted by Gasteiger charge is 2.29. The molecule has 0 unspecified atom stereocenters. The van der Waals surface area contributed by atoms with Crippen molar-refractivity contribution in [1.29, 1.82) is 5.26 Å². The zero-order valence-electron chi connectivity index (χ0n) is 9.74. The maximum Gasteiger partial charge on any atom is 0.234 e. The van der Waals surface area contributed by atoms with Crippen molar-refractivity contribution in [2.75, 3.05) is 33.4 Å². The Bertz CT molecular complexity index is 258. The highest BCUT2D eigenvalue weighted by atomic mass is 16.5. The largest absolute Gasteiger partial charge is 0.383 e. The number of nitriles is 1. The first-order valence-electron chi connectivity index (χ1n) is 5.64. The highest BCUT2D eigenvalue weighted by Crippen LogP contribution is 2.26. The maximum absolute atomic E-state index is 11.5. The summed E-state index contributed by atoms with van der Waals surface area (Å²) in [5.74, 6) is 0.0156. The van der Waals surface area contributed by atoms with Gasteiger partial charge in [0.05, 0.1) is 19.2 Å². The molecule has 1 saturated carbocycles. The molecule has 1 aliphatic rings. The lowest BCUT2D eigenvalue weighted by Crippen LogP contribution is -2.39. The number of nitrogens with zero attached hydrogens (tertiary/aromatic N) is 2. The lowest BCUT2D eigenvalue weighted by molar-refractivity contribution is -0.122. The van der Waals surface area contributed by atoms with Crippen LogP contribution < -0.4 is 5.32 Å². The lowest BCUT2D eigenvalue weighted by Gasteiger charge is -2.19. The van der Waals surface area contributed by atoms with Crippen LogP contribution in [0.1, 0.15) is 19.3 Å².